The van der Waals surface area contributed by atoms with E-state index in [1.165, 1.54) is 5.56 Å². The zero-order valence-electron chi connectivity index (χ0n) is 15.3. The molecule has 1 aliphatic heterocycles. The molecule has 0 spiro atoms. The van der Waals surface area contributed by atoms with Crippen molar-refractivity contribution in [2.24, 2.45) is 7.05 Å². The topological polar surface area (TPSA) is 61.4 Å². The molecule has 4 aromatic rings. The summed E-state index contributed by atoms with van der Waals surface area (Å²) < 4.78 is 4.41. The van der Waals surface area contributed by atoms with E-state index < -0.39 is 0 Å². The number of hydrogen-bond acceptors (Lipinski definition) is 6. The summed E-state index contributed by atoms with van der Waals surface area (Å²) in [5.41, 5.74) is 3.31. The molecule has 3 aromatic heterocycles. The Labute approximate surface area is 171 Å². The molecule has 0 fully saturated rings. The Morgan fingerprint density at radius 2 is 1.93 bits per heavy atom. The molecule has 1 aliphatic rings. The molecule has 0 aliphatic carbocycles. The van der Waals surface area contributed by atoms with Crippen LogP contribution in [0.1, 0.15) is 6.04 Å². The van der Waals surface area contributed by atoms with Crippen molar-refractivity contribution in [3.05, 3.63) is 61.1 Å². The van der Waals surface area contributed by atoms with Gasteiger partial charge in [-0.15, -0.1) is 10.2 Å². The molecule has 0 amide bonds. The number of thioether (sulfide) groups is 2. The fraction of sp³-hybridized carbons (Fsp3) is 0.200. The first-order valence-corrected chi connectivity index (χ1v) is 11.0. The van der Waals surface area contributed by atoms with Crippen LogP contribution in [0.3, 0.4) is 0 Å². The van der Waals surface area contributed by atoms with Gasteiger partial charge in [0.2, 0.25) is 0 Å². The Hall–Kier alpha value is -2.58. The normalized spacial score (nSPS) is 15.7. The second-order valence-electron chi connectivity index (χ2n) is 6.54. The molecular weight excluding hydrogens is 388 g/mol. The van der Waals surface area contributed by atoms with Crippen molar-refractivity contribution >= 4 is 23.5 Å². The molecule has 4 heterocycles. The lowest BCUT2D eigenvalue weighted by molar-refractivity contribution is 0.596. The lowest BCUT2D eigenvalue weighted by Crippen LogP contribution is -2.11. The average Bonchev–Trinajstić information content (AvgIpc) is 3.43. The zero-order valence-corrected chi connectivity index (χ0v) is 16.9. The summed E-state index contributed by atoms with van der Waals surface area (Å²) in [7, 11) is 2.08. The molecule has 0 bridgehead atoms. The van der Waals surface area contributed by atoms with Crippen LogP contribution in [-0.2, 0) is 7.05 Å². The summed E-state index contributed by atoms with van der Waals surface area (Å²) in [5, 5.41) is 10.8. The first-order chi connectivity index (χ1) is 13.8. The largest absolute Gasteiger partial charge is 0.322 e. The van der Waals surface area contributed by atoms with Gasteiger partial charge in [0.05, 0.1) is 17.9 Å². The molecule has 0 radical (unpaired) electrons. The van der Waals surface area contributed by atoms with E-state index >= 15 is 0 Å². The quantitative estimate of drug-likeness (QED) is 0.463. The van der Waals surface area contributed by atoms with Gasteiger partial charge in [-0.25, -0.2) is 4.98 Å². The van der Waals surface area contributed by atoms with Crippen molar-refractivity contribution in [3.63, 3.8) is 0 Å². The van der Waals surface area contributed by atoms with Crippen LogP contribution in [0.25, 0.3) is 22.6 Å². The van der Waals surface area contributed by atoms with Gasteiger partial charge in [-0.1, -0.05) is 53.9 Å². The highest BCUT2D eigenvalue weighted by Crippen LogP contribution is 2.38. The lowest BCUT2D eigenvalue weighted by Gasteiger charge is -2.14. The second kappa shape index (κ2) is 7.44. The molecule has 1 unspecified atom stereocenters. The molecule has 0 N–H and O–H groups in total. The van der Waals surface area contributed by atoms with Crippen molar-refractivity contribution in [1.29, 1.82) is 0 Å². The number of fused-ring (bicyclic) bond motifs is 1. The predicted octanol–water partition coefficient (Wildman–Crippen LogP) is 4.18. The Morgan fingerprint density at radius 3 is 2.75 bits per heavy atom. The maximum absolute atomic E-state index is 4.65. The van der Waals surface area contributed by atoms with E-state index in [1.807, 2.05) is 30.6 Å². The summed E-state index contributed by atoms with van der Waals surface area (Å²) in [6.45, 7) is 0. The Balaban J connectivity index is 1.36. The second-order valence-corrected chi connectivity index (χ2v) is 8.52. The van der Waals surface area contributed by atoms with E-state index in [1.54, 1.807) is 29.7 Å². The third kappa shape index (κ3) is 3.12. The number of nitrogens with zero attached hydrogens (tertiary/aromatic N) is 6. The van der Waals surface area contributed by atoms with Gasteiger partial charge in [-0.2, -0.15) is 0 Å². The molecule has 0 saturated heterocycles. The lowest BCUT2D eigenvalue weighted by atomic mass is 10.2. The van der Waals surface area contributed by atoms with Crippen LogP contribution >= 0.6 is 23.5 Å². The van der Waals surface area contributed by atoms with Gasteiger partial charge in [0.15, 0.2) is 16.1 Å². The first-order valence-electron chi connectivity index (χ1n) is 8.99. The minimum absolute atomic E-state index is 0.326. The summed E-state index contributed by atoms with van der Waals surface area (Å²) in [4.78, 5) is 8.87. The van der Waals surface area contributed by atoms with Crippen LogP contribution in [0.5, 0.6) is 0 Å². The third-order valence-electron chi connectivity index (χ3n) is 4.77. The maximum atomic E-state index is 4.65. The van der Waals surface area contributed by atoms with E-state index in [0.717, 1.165) is 38.9 Å². The van der Waals surface area contributed by atoms with Crippen LogP contribution in [0.4, 0.5) is 0 Å². The van der Waals surface area contributed by atoms with E-state index in [4.69, 9.17) is 0 Å². The predicted molar refractivity (Wildman–Crippen MR) is 112 cm³/mol. The number of benzene rings is 1. The fourth-order valence-electron chi connectivity index (χ4n) is 3.34. The molecule has 0 saturated carbocycles. The monoisotopic (exact) mass is 406 g/mol. The highest BCUT2D eigenvalue weighted by atomic mass is 32.2. The van der Waals surface area contributed by atoms with Crippen molar-refractivity contribution in [1.82, 2.24) is 29.3 Å². The van der Waals surface area contributed by atoms with Gasteiger partial charge in [0.25, 0.3) is 0 Å². The van der Waals surface area contributed by atoms with Gasteiger partial charge in [0, 0.05) is 36.5 Å². The zero-order chi connectivity index (χ0) is 18.9. The van der Waals surface area contributed by atoms with Crippen LogP contribution in [0.15, 0.2) is 71.4 Å². The summed E-state index contributed by atoms with van der Waals surface area (Å²) in [6.07, 6.45) is 5.57. The molecular formula is C20H18N6S2. The summed E-state index contributed by atoms with van der Waals surface area (Å²) in [5.74, 6) is 2.81. The van der Waals surface area contributed by atoms with E-state index in [0.29, 0.717) is 6.04 Å². The van der Waals surface area contributed by atoms with E-state index in [9.17, 15) is 0 Å². The summed E-state index contributed by atoms with van der Waals surface area (Å²) >= 11 is 3.54. The molecule has 28 heavy (non-hydrogen) atoms. The molecule has 1 atom stereocenters. The smallest absolute Gasteiger partial charge is 0.191 e. The number of pyridine rings is 1. The SMILES string of the molecule is Cn1c(-c2ccccc2)cnc1SCC1CSc2nnc(-c3cccnc3)n21. The van der Waals surface area contributed by atoms with Gasteiger partial charge in [-0.3, -0.25) is 9.55 Å². The summed E-state index contributed by atoms with van der Waals surface area (Å²) in [6, 6.07) is 14.7. The Kier molecular flexibility index (Phi) is 4.66. The van der Waals surface area contributed by atoms with Crippen molar-refractivity contribution in [2.75, 3.05) is 11.5 Å². The fourth-order valence-corrected chi connectivity index (χ4v) is 5.60. The van der Waals surface area contributed by atoms with E-state index in [-0.39, 0.29) is 0 Å². The van der Waals surface area contributed by atoms with Crippen molar-refractivity contribution < 1.29 is 0 Å². The Bertz CT molecular complexity index is 1090. The average molecular weight is 407 g/mol. The van der Waals surface area contributed by atoms with Gasteiger partial charge < -0.3 is 4.57 Å². The molecule has 5 rings (SSSR count). The van der Waals surface area contributed by atoms with Gasteiger partial charge in [-0.05, 0) is 17.7 Å². The van der Waals surface area contributed by atoms with Crippen LogP contribution < -0.4 is 0 Å². The number of aromatic nitrogens is 6. The van der Waals surface area contributed by atoms with E-state index in [2.05, 4.69) is 60.6 Å². The minimum atomic E-state index is 0.326. The van der Waals surface area contributed by atoms with Crippen LogP contribution in [-0.4, -0.2) is 40.8 Å². The highest BCUT2D eigenvalue weighted by molar-refractivity contribution is 8.00. The number of hydrogen-bond donors (Lipinski definition) is 0. The van der Waals surface area contributed by atoms with Crippen molar-refractivity contribution in [2.45, 2.75) is 16.4 Å². The third-order valence-corrected chi connectivity index (χ3v) is 7.05. The number of imidazole rings is 1. The standard InChI is InChI=1S/C20H18N6S2/c1-25-17(14-6-3-2-4-7-14)11-22-19(25)27-12-16-13-28-20-24-23-18(26(16)20)15-8-5-9-21-10-15/h2-11,16H,12-13H2,1H3. The van der Waals surface area contributed by atoms with Crippen LogP contribution in [0, 0.1) is 0 Å². The van der Waals surface area contributed by atoms with Gasteiger partial charge >= 0.3 is 0 Å². The number of rotatable bonds is 5. The molecule has 8 heteroatoms. The first kappa shape index (κ1) is 17.5. The molecule has 1 aromatic carbocycles. The van der Waals surface area contributed by atoms with Gasteiger partial charge in [0.1, 0.15) is 0 Å². The van der Waals surface area contributed by atoms with Crippen molar-refractivity contribution in [3.8, 4) is 22.6 Å². The molecule has 140 valence electrons. The Morgan fingerprint density at radius 1 is 1.07 bits per heavy atom. The maximum Gasteiger partial charge on any atom is 0.191 e. The van der Waals surface area contributed by atoms with Crippen LogP contribution in [0.2, 0.25) is 0 Å². The molecule has 6 nitrogen and oxygen atoms in total. The highest BCUT2D eigenvalue weighted by Gasteiger charge is 2.29. The minimum Gasteiger partial charge on any atom is -0.322 e.